The number of hydrogen-bond donors (Lipinski definition) is 1. The largest absolute Gasteiger partial charge is 0.330 e. The molecule has 0 saturated heterocycles. The van der Waals surface area contributed by atoms with E-state index < -0.39 is 9.84 Å². The molecule has 6 heteroatoms. The second-order valence-corrected chi connectivity index (χ2v) is 6.71. The minimum Gasteiger partial charge on any atom is -0.330 e. The third-order valence-electron chi connectivity index (χ3n) is 2.18. The van der Waals surface area contributed by atoms with Crippen molar-refractivity contribution in [3.8, 4) is 0 Å². The van der Waals surface area contributed by atoms with Crippen LogP contribution in [0.25, 0.3) is 0 Å². The maximum absolute atomic E-state index is 11.3. The van der Waals surface area contributed by atoms with Crippen LogP contribution in [-0.2, 0) is 28.4 Å². The monoisotopic (exact) mass is 232 g/mol. The van der Waals surface area contributed by atoms with Crippen molar-refractivity contribution in [1.29, 1.82) is 0 Å². The summed E-state index contributed by atoms with van der Waals surface area (Å²) in [6, 6.07) is 0. The molecule has 14 heavy (non-hydrogen) atoms. The van der Waals surface area contributed by atoms with E-state index in [0.29, 0.717) is 13.0 Å². The van der Waals surface area contributed by atoms with Crippen molar-refractivity contribution in [2.24, 2.45) is 5.73 Å². The predicted molar refractivity (Wildman–Crippen MR) is 56.1 cm³/mol. The maximum Gasteiger partial charge on any atom is 0.156 e. The second-order valence-electron chi connectivity index (χ2n) is 3.36. The number of nitrogens with two attached hydrogens (primary N) is 1. The number of sulfone groups is 1. The maximum atomic E-state index is 11.3. The summed E-state index contributed by atoms with van der Waals surface area (Å²) in [7, 11) is -2.88. The number of thiazole rings is 1. The van der Waals surface area contributed by atoms with E-state index in [1.165, 1.54) is 0 Å². The van der Waals surface area contributed by atoms with Crippen LogP contribution in [-0.4, -0.2) is 25.7 Å². The highest BCUT2D eigenvalue weighted by molar-refractivity contribution is 7.90. The van der Waals surface area contributed by atoms with E-state index in [1.807, 2.05) is 0 Å². The minimum atomic E-state index is -2.88. The van der Waals surface area contributed by atoms with Gasteiger partial charge in [0.25, 0.3) is 0 Å². The van der Waals surface area contributed by atoms with Gasteiger partial charge in [-0.1, -0.05) is 0 Å². The van der Waals surface area contributed by atoms with Crippen molar-refractivity contribution in [3.05, 3.63) is 15.6 Å². The van der Waals surface area contributed by atoms with E-state index in [0.717, 1.165) is 22.0 Å². The summed E-state index contributed by atoms with van der Waals surface area (Å²) < 4.78 is 22.6. The Hall–Kier alpha value is -0.460. The molecule has 2 heterocycles. The Morgan fingerprint density at radius 3 is 3.00 bits per heavy atom. The topological polar surface area (TPSA) is 73.0 Å². The average molecular weight is 232 g/mol. The molecule has 0 bridgehead atoms. The van der Waals surface area contributed by atoms with Crippen LogP contribution in [0.3, 0.4) is 0 Å². The summed E-state index contributed by atoms with van der Waals surface area (Å²) in [6.45, 7) is 0.569. The lowest BCUT2D eigenvalue weighted by atomic mass is 10.3. The van der Waals surface area contributed by atoms with Gasteiger partial charge < -0.3 is 5.73 Å². The smallest absolute Gasteiger partial charge is 0.156 e. The number of rotatable bonds is 2. The van der Waals surface area contributed by atoms with E-state index in [-0.39, 0.29) is 11.5 Å². The summed E-state index contributed by atoms with van der Waals surface area (Å²) in [5.74, 6) is 0.383. The molecule has 78 valence electrons. The molecule has 0 saturated carbocycles. The summed E-state index contributed by atoms with van der Waals surface area (Å²) in [5.41, 5.74) is 6.17. The first-order chi connectivity index (χ1) is 6.61. The van der Waals surface area contributed by atoms with Gasteiger partial charge in [0, 0.05) is 11.3 Å². The fourth-order valence-corrected chi connectivity index (χ4v) is 4.14. The van der Waals surface area contributed by atoms with Gasteiger partial charge in [0.15, 0.2) is 9.84 Å². The van der Waals surface area contributed by atoms with E-state index in [1.54, 1.807) is 11.3 Å². The summed E-state index contributed by atoms with van der Waals surface area (Å²) >= 11 is 1.61. The van der Waals surface area contributed by atoms with Crippen molar-refractivity contribution in [2.75, 3.05) is 12.3 Å². The van der Waals surface area contributed by atoms with Crippen LogP contribution in [0.1, 0.15) is 15.6 Å². The Morgan fingerprint density at radius 1 is 1.50 bits per heavy atom. The molecule has 4 nitrogen and oxygen atoms in total. The molecule has 0 aromatic carbocycles. The zero-order valence-electron chi connectivity index (χ0n) is 7.69. The van der Waals surface area contributed by atoms with Gasteiger partial charge in [-0.25, -0.2) is 13.4 Å². The quantitative estimate of drug-likeness (QED) is 0.786. The third kappa shape index (κ3) is 1.97. The third-order valence-corrected chi connectivity index (χ3v) is 4.93. The van der Waals surface area contributed by atoms with E-state index in [4.69, 9.17) is 5.73 Å². The molecule has 1 aromatic heterocycles. The number of fused-ring (bicyclic) bond motifs is 1. The second kappa shape index (κ2) is 3.60. The van der Waals surface area contributed by atoms with Crippen molar-refractivity contribution in [3.63, 3.8) is 0 Å². The zero-order chi connectivity index (χ0) is 10.2. The molecular formula is C8H12N2O2S2. The molecule has 0 aliphatic carbocycles. The summed E-state index contributed by atoms with van der Waals surface area (Å²) in [4.78, 5) is 5.42. The van der Waals surface area contributed by atoms with E-state index >= 15 is 0 Å². The molecule has 2 rings (SSSR count). The SMILES string of the molecule is NCCc1nc2c(s1)CCS(=O)(=O)C2. The van der Waals surface area contributed by atoms with Gasteiger partial charge in [-0.05, 0) is 13.0 Å². The molecule has 0 unspecified atom stereocenters. The lowest BCUT2D eigenvalue weighted by molar-refractivity contribution is 0.591. The van der Waals surface area contributed by atoms with Gasteiger partial charge in [-0.3, -0.25) is 0 Å². The lowest BCUT2D eigenvalue weighted by Gasteiger charge is -2.09. The molecular weight excluding hydrogens is 220 g/mol. The first-order valence-electron chi connectivity index (χ1n) is 4.49. The molecule has 0 amide bonds. The van der Waals surface area contributed by atoms with Gasteiger partial charge in [0.1, 0.15) is 0 Å². The molecule has 1 aromatic rings. The molecule has 0 fully saturated rings. The molecule has 1 aliphatic rings. The van der Waals surface area contributed by atoms with Gasteiger partial charge in [-0.2, -0.15) is 0 Å². The van der Waals surface area contributed by atoms with Crippen molar-refractivity contribution >= 4 is 21.2 Å². The standard InChI is InChI=1S/C8H12N2O2S2/c9-3-1-8-10-6-5-14(11,12)4-2-7(6)13-8/h1-5,9H2. The molecule has 1 aliphatic heterocycles. The number of aromatic nitrogens is 1. The highest BCUT2D eigenvalue weighted by atomic mass is 32.2. The zero-order valence-corrected chi connectivity index (χ0v) is 9.33. The van der Waals surface area contributed by atoms with Crippen molar-refractivity contribution in [2.45, 2.75) is 18.6 Å². The van der Waals surface area contributed by atoms with Crippen LogP contribution in [0.15, 0.2) is 0 Å². The Labute approximate surface area is 87.1 Å². The Balaban J connectivity index is 2.30. The van der Waals surface area contributed by atoms with Gasteiger partial charge in [0.05, 0.1) is 22.2 Å². The normalized spacial score (nSPS) is 19.2. The average Bonchev–Trinajstić information content (AvgIpc) is 2.45. The van der Waals surface area contributed by atoms with Crippen LogP contribution in [0.2, 0.25) is 0 Å². The van der Waals surface area contributed by atoms with Crippen molar-refractivity contribution in [1.82, 2.24) is 4.98 Å². The summed E-state index contributed by atoms with van der Waals surface area (Å²) in [5, 5.41) is 0.967. The number of nitrogens with zero attached hydrogens (tertiary/aromatic N) is 1. The Morgan fingerprint density at radius 2 is 2.29 bits per heavy atom. The van der Waals surface area contributed by atoms with Crippen LogP contribution in [0, 0.1) is 0 Å². The Kier molecular flexibility index (Phi) is 2.59. The fraction of sp³-hybridized carbons (Fsp3) is 0.625. The van der Waals surface area contributed by atoms with Crippen LogP contribution < -0.4 is 5.73 Å². The highest BCUT2D eigenvalue weighted by Crippen LogP contribution is 2.26. The fourth-order valence-electron chi connectivity index (χ4n) is 1.50. The lowest BCUT2D eigenvalue weighted by Crippen LogP contribution is -2.17. The highest BCUT2D eigenvalue weighted by Gasteiger charge is 2.24. The number of hydrogen-bond acceptors (Lipinski definition) is 5. The van der Waals surface area contributed by atoms with Gasteiger partial charge >= 0.3 is 0 Å². The van der Waals surface area contributed by atoms with Gasteiger partial charge in [-0.15, -0.1) is 11.3 Å². The Bertz CT molecular complexity index is 436. The summed E-state index contributed by atoms with van der Waals surface area (Å²) in [6.07, 6.45) is 1.37. The first kappa shape index (κ1) is 10.1. The number of aryl methyl sites for hydroxylation is 1. The predicted octanol–water partition coefficient (Wildman–Crippen LogP) is 0.115. The molecule has 0 radical (unpaired) electrons. The molecule has 0 spiro atoms. The van der Waals surface area contributed by atoms with Crippen molar-refractivity contribution < 1.29 is 8.42 Å². The van der Waals surface area contributed by atoms with E-state index in [9.17, 15) is 8.42 Å². The van der Waals surface area contributed by atoms with Gasteiger partial charge in [0.2, 0.25) is 0 Å². The minimum absolute atomic E-state index is 0.114. The molecule has 0 atom stereocenters. The van der Waals surface area contributed by atoms with E-state index in [2.05, 4.69) is 4.98 Å². The molecule has 2 N–H and O–H groups in total. The van der Waals surface area contributed by atoms with Crippen LogP contribution in [0.5, 0.6) is 0 Å². The van der Waals surface area contributed by atoms with Crippen LogP contribution in [0.4, 0.5) is 0 Å². The van der Waals surface area contributed by atoms with Crippen LogP contribution >= 0.6 is 11.3 Å². The first-order valence-corrected chi connectivity index (χ1v) is 7.12.